The van der Waals surface area contributed by atoms with Crippen molar-refractivity contribution in [3.05, 3.63) is 18.2 Å². The Bertz CT molecular complexity index is 538. The number of rotatable bonds is 3. The Kier molecular flexibility index (Phi) is 2.66. The summed E-state index contributed by atoms with van der Waals surface area (Å²) in [6, 6.07) is 1.86. The van der Waals surface area contributed by atoms with E-state index >= 15 is 0 Å². The molecule has 0 saturated heterocycles. The fourth-order valence-electron chi connectivity index (χ4n) is 2.52. The van der Waals surface area contributed by atoms with Crippen molar-refractivity contribution in [1.82, 2.24) is 19.9 Å². The van der Waals surface area contributed by atoms with E-state index in [2.05, 4.69) is 15.2 Å². The zero-order valence-corrected chi connectivity index (χ0v) is 10.5. The molecule has 6 heteroatoms. The van der Waals surface area contributed by atoms with Crippen LogP contribution >= 0.6 is 0 Å². The monoisotopic (exact) mass is 247 g/mol. The molecule has 0 aliphatic heterocycles. The lowest BCUT2D eigenvalue weighted by Crippen LogP contribution is -2.38. The highest BCUT2D eigenvalue weighted by atomic mass is 16.5. The average Bonchev–Trinajstić information content (AvgIpc) is 3.01. The minimum Gasteiger partial charge on any atom is -0.339 e. The predicted octanol–water partition coefficient (Wildman–Crippen LogP) is 1.28. The van der Waals surface area contributed by atoms with Crippen molar-refractivity contribution in [2.75, 3.05) is 0 Å². The van der Waals surface area contributed by atoms with Gasteiger partial charge in [-0.15, -0.1) is 0 Å². The number of hydrogen-bond donors (Lipinski definition) is 1. The minimum atomic E-state index is -0.159. The Morgan fingerprint density at radius 2 is 2.22 bits per heavy atom. The molecule has 0 aromatic carbocycles. The van der Waals surface area contributed by atoms with E-state index in [1.807, 2.05) is 19.3 Å². The molecule has 1 fully saturated rings. The van der Waals surface area contributed by atoms with Crippen LogP contribution < -0.4 is 5.73 Å². The van der Waals surface area contributed by atoms with E-state index in [1.54, 1.807) is 4.68 Å². The fourth-order valence-corrected chi connectivity index (χ4v) is 2.52. The van der Waals surface area contributed by atoms with E-state index in [-0.39, 0.29) is 5.54 Å². The van der Waals surface area contributed by atoms with Gasteiger partial charge in [0, 0.05) is 25.2 Å². The molecule has 1 aliphatic rings. The second-order valence-corrected chi connectivity index (χ2v) is 5.13. The SMILES string of the molecule is Cn1ccc(-c2noc(CC3(N)CCCC3)n2)n1. The van der Waals surface area contributed by atoms with Crippen molar-refractivity contribution in [1.29, 1.82) is 0 Å². The van der Waals surface area contributed by atoms with Crippen LogP contribution in [0.2, 0.25) is 0 Å². The molecule has 2 aromatic rings. The van der Waals surface area contributed by atoms with E-state index in [9.17, 15) is 0 Å². The molecule has 0 bridgehead atoms. The Morgan fingerprint density at radius 3 is 2.89 bits per heavy atom. The molecule has 1 aliphatic carbocycles. The maximum Gasteiger partial charge on any atom is 0.228 e. The Balaban J connectivity index is 1.77. The van der Waals surface area contributed by atoms with Crippen LogP contribution in [0.15, 0.2) is 16.8 Å². The van der Waals surface area contributed by atoms with Crippen LogP contribution in [0.25, 0.3) is 11.5 Å². The molecule has 0 radical (unpaired) electrons. The van der Waals surface area contributed by atoms with Gasteiger partial charge in [0.05, 0.1) is 0 Å². The number of nitrogens with two attached hydrogens (primary N) is 1. The zero-order valence-electron chi connectivity index (χ0n) is 10.5. The van der Waals surface area contributed by atoms with Gasteiger partial charge in [-0.2, -0.15) is 10.1 Å². The number of aromatic nitrogens is 4. The van der Waals surface area contributed by atoms with Gasteiger partial charge in [-0.05, 0) is 18.9 Å². The summed E-state index contributed by atoms with van der Waals surface area (Å²) in [7, 11) is 1.86. The topological polar surface area (TPSA) is 82.8 Å². The summed E-state index contributed by atoms with van der Waals surface area (Å²) in [4.78, 5) is 4.37. The molecule has 0 atom stereocenters. The fraction of sp³-hybridized carbons (Fsp3) is 0.583. The second kappa shape index (κ2) is 4.20. The maximum absolute atomic E-state index is 6.30. The molecule has 2 N–H and O–H groups in total. The predicted molar refractivity (Wildman–Crippen MR) is 65.6 cm³/mol. The lowest BCUT2D eigenvalue weighted by Gasteiger charge is -2.20. The van der Waals surface area contributed by atoms with E-state index in [1.165, 1.54) is 12.8 Å². The van der Waals surface area contributed by atoms with E-state index in [0.29, 0.717) is 18.1 Å². The molecular formula is C12H17N5O. The van der Waals surface area contributed by atoms with Gasteiger partial charge >= 0.3 is 0 Å². The van der Waals surface area contributed by atoms with Crippen molar-refractivity contribution >= 4 is 0 Å². The molecule has 0 spiro atoms. The largest absolute Gasteiger partial charge is 0.339 e. The molecule has 2 heterocycles. The summed E-state index contributed by atoms with van der Waals surface area (Å²) < 4.78 is 6.98. The van der Waals surface area contributed by atoms with Crippen molar-refractivity contribution in [3.8, 4) is 11.5 Å². The summed E-state index contributed by atoms with van der Waals surface area (Å²) in [5.41, 5.74) is 6.86. The molecule has 3 rings (SSSR count). The third-order valence-electron chi connectivity index (χ3n) is 3.51. The summed E-state index contributed by atoms with van der Waals surface area (Å²) in [5, 5.41) is 8.20. The molecule has 0 unspecified atom stereocenters. The van der Waals surface area contributed by atoms with Crippen LogP contribution in [-0.2, 0) is 13.5 Å². The van der Waals surface area contributed by atoms with Crippen LogP contribution in [0.3, 0.4) is 0 Å². The maximum atomic E-state index is 6.30. The Labute approximate surface area is 105 Å². The van der Waals surface area contributed by atoms with Gasteiger partial charge < -0.3 is 10.3 Å². The normalized spacial score (nSPS) is 18.3. The number of aryl methyl sites for hydroxylation is 1. The van der Waals surface area contributed by atoms with Gasteiger partial charge in [0.1, 0.15) is 5.69 Å². The summed E-state index contributed by atoms with van der Waals surface area (Å²) in [5.74, 6) is 1.15. The highest BCUT2D eigenvalue weighted by Crippen LogP contribution is 2.30. The van der Waals surface area contributed by atoms with Crippen molar-refractivity contribution in [2.45, 2.75) is 37.6 Å². The van der Waals surface area contributed by atoms with Crippen molar-refractivity contribution < 1.29 is 4.52 Å². The van der Waals surface area contributed by atoms with Crippen molar-refractivity contribution in [2.24, 2.45) is 12.8 Å². The smallest absolute Gasteiger partial charge is 0.228 e. The molecule has 2 aromatic heterocycles. The average molecular weight is 247 g/mol. The number of hydrogen-bond acceptors (Lipinski definition) is 5. The van der Waals surface area contributed by atoms with E-state index in [4.69, 9.17) is 10.3 Å². The highest BCUT2D eigenvalue weighted by molar-refractivity contribution is 5.46. The first-order chi connectivity index (χ1) is 8.65. The van der Waals surface area contributed by atoms with Crippen molar-refractivity contribution in [3.63, 3.8) is 0 Å². The molecular weight excluding hydrogens is 230 g/mol. The standard InChI is InChI=1S/C12H17N5O/c1-17-7-4-9(15-17)11-14-10(18-16-11)8-12(13)5-2-3-6-12/h4,7H,2-3,5-6,8,13H2,1H3. The van der Waals surface area contributed by atoms with E-state index < -0.39 is 0 Å². The first-order valence-corrected chi connectivity index (χ1v) is 6.26. The molecule has 96 valence electrons. The molecule has 0 amide bonds. The van der Waals surface area contributed by atoms with Crippen LogP contribution in [0.4, 0.5) is 0 Å². The van der Waals surface area contributed by atoms with Crippen LogP contribution in [0, 0.1) is 0 Å². The van der Waals surface area contributed by atoms with Gasteiger partial charge in [-0.25, -0.2) is 0 Å². The number of nitrogens with zero attached hydrogens (tertiary/aromatic N) is 4. The van der Waals surface area contributed by atoms with Gasteiger partial charge in [0.2, 0.25) is 11.7 Å². The van der Waals surface area contributed by atoms with Gasteiger partial charge in [0.25, 0.3) is 0 Å². The highest BCUT2D eigenvalue weighted by Gasteiger charge is 2.31. The molecule has 6 nitrogen and oxygen atoms in total. The van der Waals surface area contributed by atoms with Gasteiger partial charge in [-0.3, -0.25) is 4.68 Å². The van der Waals surface area contributed by atoms with Gasteiger partial charge in [-0.1, -0.05) is 18.0 Å². The Hall–Kier alpha value is -1.69. The van der Waals surface area contributed by atoms with Gasteiger partial charge in [0.15, 0.2) is 0 Å². The first kappa shape index (κ1) is 11.4. The summed E-state index contributed by atoms with van der Waals surface area (Å²) >= 11 is 0. The van der Waals surface area contributed by atoms with E-state index in [0.717, 1.165) is 18.5 Å². The van der Waals surface area contributed by atoms with Crippen LogP contribution in [0.1, 0.15) is 31.6 Å². The van der Waals surface area contributed by atoms with Crippen LogP contribution in [-0.4, -0.2) is 25.5 Å². The lowest BCUT2D eigenvalue weighted by molar-refractivity contribution is 0.329. The first-order valence-electron chi connectivity index (χ1n) is 6.26. The summed E-state index contributed by atoms with van der Waals surface area (Å²) in [6.07, 6.45) is 6.97. The minimum absolute atomic E-state index is 0.159. The summed E-state index contributed by atoms with van der Waals surface area (Å²) in [6.45, 7) is 0. The third-order valence-corrected chi connectivity index (χ3v) is 3.51. The quantitative estimate of drug-likeness (QED) is 0.883. The lowest BCUT2D eigenvalue weighted by atomic mass is 9.95. The third kappa shape index (κ3) is 2.15. The zero-order chi connectivity index (χ0) is 12.6. The Morgan fingerprint density at radius 1 is 1.44 bits per heavy atom. The second-order valence-electron chi connectivity index (χ2n) is 5.13. The van der Waals surface area contributed by atoms with Crippen LogP contribution in [0.5, 0.6) is 0 Å². The molecule has 18 heavy (non-hydrogen) atoms. The molecule has 1 saturated carbocycles.